The second-order valence-corrected chi connectivity index (χ2v) is 4.61. The molecule has 0 spiro atoms. The lowest BCUT2D eigenvalue weighted by Gasteiger charge is -2.05. The van der Waals surface area contributed by atoms with E-state index < -0.39 is 5.97 Å². The van der Waals surface area contributed by atoms with Crippen LogP contribution < -0.4 is 5.56 Å². The highest BCUT2D eigenvalue weighted by atomic mass is 16.5. The van der Waals surface area contributed by atoms with Crippen molar-refractivity contribution in [3.05, 3.63) is 70.2 Å². The topological polar surface area (TPSA) is 73.8 Å². The lowest BCUT2D eigenvalue weighted by atomic mass is 10.3. The third-order valence-electron chi connectivity index (χ3n) is 2.97. The van der Waals surface area contributed by atoms with Crippen LogP contribution in [0.1, 0.15) is 21.6 Å². The van der Waals surface area contributed by atoms with Crippen LogP contribution in [0.3, 0.4) is 0 Å². The van der Waals surface area contributed by atoms with E-state index in [1.54, 1.807) is 12.3 Å². The third kappa shape index (κ3) is 2.69. The molecule has 0 saturated heterocycles. The van der Waals surface area contributed by atoms with E-state index in [9.17, 15) is 9.59 Å². The molecule has 6 nitrogen and oxygen atoms in total. The van der Waals surface area contributed by atoms with Crippen LogP contribution in [-0.4, -0.2) is 15.4 Å². The molecule has 0 unspecified atom stereocenters. The molecule has 0 saturated carbocycles. The van der Waals surface area contributed by atoms with Gasteiger partial charge in [0.2, 0.25) is 0 Å². The van der Waals surface area contributed by atoms with Crippen LogP contribution in [0.4, 0.5) is 0 Å². The number of hydrogen-bond donors (Lipinski definition) is 0. The summed E-state index contributed by atoms with van der Waals surface area (Å²) >= 11 is 0. The SMILES string of the molecule is Cc1ccc2nc(COC(=O)c3ccoc3)cc(=O)n2c1. The van der Waals surface area contributed by atoms with E-state index in [-0.39, 0.29) is 12.2 Å². The van der Waals surface area contributed by atoms with Crippen LogP contribution in [0, 0.1) is 6.92 Å². The first-order valence-electron chi connectivity index (χ1n) is 6.32. The van der Waals surface area contributed by atoms with E-state index >= 15 is 0 Å². The maximum absolute atomic E-state index is 12.0. The fourth-order valence-electron chi connectivity index (χ4n) is 1.94. The zero-order valence-electron chi connectivity index (χ0n) is 11.3. The fraction of sp³-hybridized carbons (Fsp3) is 0.133. The minimum Gasteiger partial charge on any atom is -0.472 e. The predicted octanol–water partition coefficient (Wildman–Crippen LogP) is 1.95. The Morgan fingerprint density at radius 1 is 1.38 bits per heavy atom. The van der Waals surface area contributed by atoms with E-state index in [1.807, 2.05) is 13.0 Å². The number of ether oxygens (including phenoxy) is 1. The number of nitrogens with zero attached hydrogens (tertiary/aromatic N) is 2. The van der Waals surface area contributed by atoms with Gasteiger partial charge in [-0.2, -0.15) is 0 Å². The molecule has 0 aliphatic carbocycles. The summed E-state index contributed by atoms with van der Waals surface area (Å²) in [5.41, 5.74) is 2.00. The molecule has 106 valence electrons. The standard InChI is InChI=1S/C15H12N2O4/c1-10-2-3-13-16-12(6-14(18)17(13)7-10)9-21-15(19)11-4-5-20-8-11/h2-8H,9H2,1H3. The average Bonchev–Trinajstić information content (AvgIpc) is 3.00. The number of esters is 1. The van der Waals surface area contributed by atoms with Gasteiger partial charge < -0.3 is 9.15 Å². The smallest absolute Gasteiger partial charge is 0.341 e. The largest absolute Gasteiger partial charge is 0.472 e. The van der Waals surface area contributed by atoms with Crippen LogP contribution in [0.2, 0.25) is 0 Å². The van der Waals surface area contributed by atoms with Gasteiger partial charge in [-0.15, -0.1) is 0 Å². The van der Waals surface area contributed by atoms with E-state index in [0.29, 0.717) is 16.9 Å². The number of pyridine rings is 1. The monoisotopic (exact) mass is 284 g/mol. The van der Waals surface area contributed by atoms with Crippen molar-refractivity contribution in [2.24, 2.45) is 0 Å². The molecule has 0 radical (unpaired) electrons. The summed E-state index contributed by atoms with van der Waals surface area (Å²) in [6.45, 7) is 1.83. The fourth-order valence-corrected chi connectivity index (χ4v) is 1.94. The van der Waals surface area contributed by atoms with Crippen molar-refractivity contribution in [1.29, 1.82) is 0 Å². The summed E-state index contributed by atoms with van der Waals surface area (Å²) in [4.78, 5) is 28.0. The number of aromatic nitrogens is 2. The van der Waals surface area contributed by atoms with Crippen LogP contribution >= 0.6 is 0 Å². The molecule has 3 heterocycles. The van der Waals surface area contributed by atoms with Gasteiger partial charge in [0, 0.05) is 12.3 Å². The number of fused-ring (bicyclic) bond motifs is 1. The highest BCUT2D eigenvalue weighted by Gasteiger charge is 2.10. The maximum Gasteiger partial charge on any atom is 0.341 e. The maximum atomic E-state index is 12.0. The van der Waals surface area contributed by atoms with Crippen molar-refractivity contribution in [3.8, 4) is 0 Å². The summed E-state index contributed by atoms with van der Waals surface area (Å²) in [5, 5.41) is 0. The van der Waals surface area contributed by atoms with Crippen molar-refractivity contribution in [3.63, 3.8) is 0 Å². The lowest BCUT2D eigenvalue weighted by molar-refractivity contribution is 0.0467. The molecule has 0 aromatic carbocycles. The Labute approximate surface area is 119 Å². The normalized spacial score (nSPS) is 10.7. The molecule has 0 aliphatic heterocycles. The van der Waals surface area contributed by atoms with Crippen molar-refractivity contribution >= 4 is 11.6 Å². The summed E-state index contributed by atoms with van der Waals surface area (Å²) in [7, 11) is 0. The molecule has 0 fully saturated rings. The molecule has 0 bridgehead atoms. The molecular weight excluding hydrogens is 272 g/mol. The third-order valence-corrected chi connectivity index (χ3v) is 2.97. The van der Waals surface area contributed by atoms with Crippen LogP contribution in [0.25, 0.3) is 5.65 Å². The molecule has 0 N–H and O–H groups in total. The van der Waals surface area contributed by atoms with Gasteiger partial charge in [-0.1, -0.05) is 6.07 Å². The van der Waals surface area contributed by atoms with Crippen molar-refractivity contribution in [2.75, 3.05) is 0 Å². The summed E-state index contributed by atoms with van der Waals surface area (Å²) in [5.74, 6) is -0.519. The number of carbonyl (C=O) groups is 1. The summed E-state index contributed by atoms with van der Waals surface area (Å²) in [6, 6.07) is 6.48. The Kier molecular flexibility index (Phi) is 3.27. The molecule has 3 aromatic rings. The molecule has 0 atom stereocenters. The first kappa shape index (κ1) is 13.1. The van der Waals surface area contributed by atoms with E-state index in [0.717, 1.165) is 5.56 Å². The summed E-state index contributed by atoms with van der Waals surface area (Å²) < 4.78 is 11.4. The quantitative estimate of drug-likeness (QED) is 0.687. The van der Waals surface area contributed by atoms with Crippen molar-refractivity contribution in [2.45, 2.75) is 13.5 Å². The van der Waals surface area contributed by atoms with Gasteiger partial charge in [-0.05, 0) is 24.6 Å². The van der Waals surface area contributed by atoms with E-state index in [4.69, 9.17) is 9.15 Å². The summed E-state index contributed by atoms with van der Waals surface area (Å²) in [6.07, 6.45) is 4.40. The predicted molar refractivity (Wildman–Crippen MR) is 74.0 cm³/mol. The lowest BCUT2D eigenvalue weighted by Crippen LogP contribution is -2.16. The van der Waals surface area contributed by atoms with Gasteiger partial charge in [0.15, 0.2) is 0 Å². The van der Waals surface area contributed by atoms with Gasteiger partial charge in [0.05, 0.1) is 17.5 Å². The molecule has 3 aromatic heterocycles. The first-order valence-corrected chi connectivity index (χ1v) is 6.32. The minimum atomic E-state index is -0.519. The van der Waals surface area contributed by atoms with Crippen LogP contribution in [0.5, 0.6) is 0 Å². The zero-order valence-corrected chi connectivity index (χ0v) is 11.3. The van der Waals surface area contributed by atoms with E-state index in [1.165, 1.54) is 29.1 Å². The molecule has 0 aliphatic rings. The zero-order chi connectivity index (χ0) is 14.8. The van der Waals surface area contributed by atoms with Crippen molar-refractivity contribution < 1.29 is 13.9 Å². The van der Waals surface area contributed by atoms with E-state index in [2.05, 4.69) is 4.98 Å². The number of furan rings is 1. The Bertz CT molecular complexity index is 850. The van der Waals surface area contributed by atoms with Gasteiger partial charge in [0.1, 0.15) is 18.5 Å². The van der Waals surface area contributed by atoms with Gasteiger partial charge in [-0.25, -0.2) is 9.78 Å². The van der Waals surface area contributed by atoms with Crippen LogP contribution in [0.15, 0.2) is 52.2 Å². The highest BCUT2D eigenvalue weighted by molar-refractivity contribution is 5.88. The molecule has 0 amide bonds. The second-order valence-electron chi connectivity index (χ2n) is 4.61. The molecule has 21 heavy (non-hydrogen) atoms. The Morgan fingerprint density at radius 3 is 3.00 bits per heavy atom. The first-order chi connectivity index (χ1) is 10.1. The highest BCUT2D eigenvalue weighted by Crippen LogP contribution is 2.06. The molecule has 3 rings (SSSR count). The molecule has 6 heteroatoms. The van der Waals surface area contributed by atoms with Gasteiger partial charge in [0.25, 0.3) is 5.56 Å². The Morgan fingerprint density at radius 2 is 2.24 bits per heavy atom. The minimum absolute atomic E-state index is 0.0658. The number of carbonyl (C=O) groups excluding carboxylic acids is 1. The number of hydrogen-bond acceptors (Lipinski definition) is 5. The second kappa shape index (κ2) is 5.24. The van der Waals surface area contributed by atoms with Gasteiger partial charge >= 0.3 is 5.97 Å². The number of aryl methyl sites for hydroxylation is 1. The van der Waals surface area contributed by atoms with Gasteiger partial charge in [-0.3, -0.25) is 9.20 Å². The van der Waals surface area contributed by atoms with Crippen LogP contribution in [-0.2, 0) is 11.3 Å². The van der Waals surface area contributed by atoms with Crippen molar-refractivity contribution in [1.82, 2.24) is 9.38 Å². The Balaban J connectivity index is 1.83. The molecular formula is C15H12N2O4. The average molecular weight is 284 g/mol. The number of rotatable bonds is 3. The Hall–Kier alpha value is -2.89.